The summed E-state index contributed by atoms with van der Waals surface area (Å²) in [6.07, 6.45) is 7.64. The highest BCUT2D eigenvalue weighted by atomic mass is 35.5. The van der Waals surface area contributed by atoms with Crippen LogP contribution in [-0.2, 0) is 109 Å². The van der Waals surface area contributed by atoms with E-state index in [1.807, 2.05) is 88.7 Å². The van der Waals surface area contributed by atoms with E-state index in [1.165, 1.54) is 62.6 Å². The fraction of sp³-hybridized carbons (Fsp3) is 0.402. The van der Waals surface area contributed by atoms with Crippen LogP contribution in [0.2, 0.25) is 5.28 Å². The van der Waals surface area contributed by atoms with Gasteiger partial charge in [-0.15, -0.1) is 0 Å². The molecule has 0 atom stereocenters. The van der Waals surface area contributed by atoms with Crippen LogP contribution >= 0.6 is 11.6 Å². The third-order valence-electron chi connectivity index (χ3n) is 22.8. The number of halogens is 1. The molecule has 0 aliphatic carbocycles. The summed E-state index contributed by atoms with van der Waals surface area (Å²) in [5, 5.41) is 97.8. The van der Waals surface area contributed by atoms with Gasteiger partial charge in [-0.2, -0.15) is 0 Å². The Hall–Kier alpha value is -12.8. The molecule has 3 aromatic heterocycles. The topological polar surface area (TPSA) is 485 Å². The largest absolute Gasteiger partial charge is 0.594 e. The molecule has 0 spiro atoms. The predicted molar refractivity (Wildman–Crippen MR) is 483 cm³/mol. The smallest absolute Gasteiger partial charge is 0.296 e. The quantitative estimate of drug-likeness (QED) is 0.0285. The first-order valence-electron chi connectivity index (χ1n) is 41.2. The van der Waals surface area contributed by atoms with Gasteiger partial charge in [-0.25, -0.2) is 15.0 Å². The number of likely N-dealkylation sites (N-methyl/N-ethyl adjacent to an activating group) is 7. The van der Waals surface area contributed by atoms with Crippen molar-refractivity contribution >= 4 is 102 Å². The number of nitrogens with zero attached hydrogens (tertiary/aromatic N) is 20. The maximum absolute atomic E-state index is 11.9. The number of nitrogens with one attached hydrogen (secondary N) is 3. The minimum atomic E-state index is -0.423. The summed E-state index contributed by atoms with van der Waals surface area (Å²) in [6.45, 7) is 18.8. The number of hydrogen-bond acceptors (Lipinski definition) is 30. The number of anilines is 5. The Morgan fingerprint density at radius 1 is 0.437 bits per heavy atom. The molecule has 8 aromatic carbocycles. The number of rotatable bonds is 7. The first-order valence-corrected chi connectivity index (χ1v) is 41.5. The monoisotopic (exact) mass is 1740 g/mol. The molecule has 0 unspecified atom stereocenters. The van der Waals surface area contributed by atoms with Gasteiger partial charge in [0.2, 0.25) is 5.91 Å². The van der Waals surface area contributed by atoms with Gasteiger partial charge in [0.05, 0.1) is 29.9 Å². The van der Waals surface area contributed by atoms with Crippen molar-refractivity contribution in [1.82, 2.24) is 69.9 Å². The van der Waals surface area contributed by atoms with Crippen LogP contribution in [0, 0.1) is 56.1 Å². The van der Waals surface area contributed by atoms with E-state index >= 15 is 0 Å². The van der Waals surface area contributed by atoms with Crippen molar-refractivity contribution in [3.05, 3.63) is 266 Å². The van der Waals surface area contributed by atoms with Crippen molar-refractivity contribution in [2.45, 2.75) is 125 Å². The number of carbonyl (C=O) groups is 1. The van der Waals surface area contributed by atoms with E-state index in [9.17, 15) is 60.9 Å². The lowest BCUT2D eigenvalue weighted by atomic mass is 9.97. The molecule has 1 amide bonds. The van der Waals surface area contributed by atoms with Crippen LogP contribution in [0.4, 0.5) is 51.7 Å². The second kappa shape index (κ2) is 42.3. The number of amides is 1. The zero-order valence-corrected chi connectivity index (χ0v) is 72.4. The third-order valence-corrected chi connectivity index (χ3v) is 23.0. The van der Waals surface area contributed by atoms with Crippen molar-refractivity contribution in [3.63, 3.8) is 0 Å². The molecule has 0 fully saturated rings. The second-order valence-electron chi connectivity index (χ2n) is 32.5. The number of nitrogens with two attached hydrogens (primary N) is 3. The molecule has 0 bridgehead atoms. The van der Waals surface area contributed by atoms with E-state index in [2.05, 4.69) is 121 Å². The maximum Gasteiger partial charge on any atom is 0.296 e. The fourth-order valence-corrected chi connectivity index (χ4v) is 16.4. The molecule has 0 radical (unpaired) electrons. The molecule has 11 aromatic rings. The van der Waals surface area contributed by atoms with E-state index in [4.69, 9.17) is 28.8 Å². The van der Waals surface area contributed by atoms with Crippen molar-refractivity contribution in [1.29, 1.82) is 0 Å². The Morgan fingerprint density at radius 3 is 1.31 bits per heavy atom. The van der Waals surface area contributed by atoms with Gasteiger partial charge in [0.15, 0.2) is 0 Å². The molecule has 0 saturated carbocycles. The van der Waals surface area contributed by atoms with Gasteiger partial charge in [0.25, 0.3) is 56.5 Å². The fourth-order valence-electron chi connectivity index (χ4n) is 16.2. The zero-order valence-electron chi connectivity index (χ0n) is 71.6. The Morgan fingerprint density at radius 2 is 0.833 bits per heavy atom. The normalized spacial score (nSPS) is 15.8. The van der Waals surface area contributed by atoms with Crippen LogP contribution in [0.3, 0.4) is 0 Å². The van der Waals surface area contributed by atoms with Crippen molar-refractivity contribution in [2.24, 2.45) is 0 Å². The summed E-state index contributed by atoms with van der Waals surface area (Å²) in [6, 6.07) is 34.8. The number of carbonyl (C=O) groups excluding carboxylic acids is 1. The van der Waals surface area contributed by atoms with Crippen LogP contribution in [0.5, 0.6) is 0 Å². The summed E-state index contributed by atoms with van der Waals surface area (Å²) in [7, 11) is 14.4. The van der Waals surface area contributed by atoms with Gasteiger partial charge >= 0.3 is 0 Å². The number of fused-ring (bicyclic) bond motifs is 11. The van der Waals surface area contributed by atoms with Crippen molar-refractivity contribution in [2.75, 3.05) is 136 Å². The Kier molecular flexibility index (Phi) is 31.5. The lowest BCUT2D eigenvalue weighted by Crippen LogP contribution is -2.34. The van der Waals surface area contributed by atoms with E-state index in [1.54, 1.807) is 42.5 Å². The summed E-state index contributed by atoms with van der Waals surface area (Å²) in [5.41, 5.74) is 40.7. The molecule has 666 valence electrons. The van der Waals surface area contributed by atoms with Crippen LogP contribution in [0.1, 0.15) is 110 Å². The molecule has 38 nitrogen and oxygen atoms in total. The van der Waals surface area contributed by atoms with Gasteiger partial charge < -0.3 is 83.1 Å². The van der Waals surface area contributed by atoms with Crippen molar-refractivity contribution < 1.29 is 39.0 Å². The minimum absolute atomic E-state index is 0. The van der Waals surface area contributed by atoms with Crippen molar-refractivity contribution in [3.8, 4) is 0 Å². The van der Waals surface area contributed by atoms with E-state index in [0.717, 1.165) is 189 Å². The Labute approximate surface area is 734 Å². The number of benzene rings is 8. The van der Waals surface area contributed by atoms with Gasteiger partial charge in [-0.05, 0) is 266 Å². The SMILES string of the molecule is C.CC(=O)Nc1ccc2c(c1)CN(C)CC2.CCNc1nc2cc3c(cc2[n+]([O-])n1)CCN(C)C3.CN1CCc2cc([N+](=O)[O-])c(N)cc2C1.CN1CCc2cc3c(cc2C1)nc(Cl)n[n+]3[O-].CN1CCc2cc3c(cc2C1)nc(N)n[n+]3[O-].CN1CCc2ccc(N)c([N+](=O)[O-])c2C1.CN1CCc2ccc([N+](=O)[O-])cc2C1.O=[N+]([O-])c1ccc2c(c1)CNCC2. The maximum atomic E-state index is 11.9. The summed E-state index contributed by atoms with van der Waals surface area (Å²) in [5.74, 6) is 0.379. The molecule has 11 heterocycles. The number of nitro groups is 4. The van der Waals surface area contributed by atoms with E-state index in [-0.39, 0.29) is 73.5 Å². The highest BCUT2D eigenvalue weighted by molar-refractivity contribution is 6.28. The third kappa shape index (κ3) is 24.2. The number of nitro benzene ring substituents is 4. The highest BCUT2D eigenvalue weighted by Gasteiger charge is 2.28. The average molecular weight is 1750 g/mol. The standard InChI is InChI=1S/C13H17N5O.C12H16N2O.C11H11ClN4O.C11H13N5O.2C10H13N3O2.C10H12N2O2.C9H10N2O2.CH4/c1-3-14-13-15-11-6-10-8-17(2)5-4-9(10)7-12(11)18(19)16-13;1-9(15)13-12-4-3-10-5-6-14(2)8-11(10)7-12;2*1-15-3-2-7-5-10-9(4-8(7)6-15)13-11(12)14-16(10)17;1-12-3-2-7-5-10(13(14)15)9(11)4-8(7)6-12;1-12-5-4-7-2-3-9(11)10(13(14)15)8(7)6-12;1-11-5-4-8-2-3-10(12(13)14)6-9(8)7-11;12-11(13)9-2-1-7-3-4-10-6-8(7)5-9;/h6-7H,3-5,8H2,1-2H3,(H,14,15,16);3-4,7H,5-6,8H2,1-2H3,(H,13,15);4-5H,2-3,6H2,1H3;4-5H,2-3,6H2,1H3,(H2,12,13,14);4-5H,2-3,6,11H2,1H3;2-3H,4-6,11H2,1H3;2-3,6H,4-5,7H2,1H3;1-2,5,10H,3-4,6H2;1H4. The average Bonchev–Trinajstić information content (AvgIpc) is 0.795. The molecule has 8 aliphatic rings. The minimum Gasteiger partial charge on any atom is -0.594 e. The molecule has 0 saturated heterocycles. The number of non-ortho nitro benzene ring substituents is 2. The molecule has 8 aliphatic heterocycles. The molecule has 126 heavy (non-hydrogen) atoms. The van der Waals surface area contributed by atoms with Gasteiger partial charge in [-0.3, -0.25) is 45.3 Å². The van der Waals surface area contributed by atoms with Crippen LogP contribution in [-0.4, -0.2) is 198 Å². The first-order chi connectivity index (χ1) is 59.7. The van der Waals surface area contributed by atoms with Gasteiger partial charge in [-0.1, -0.05) is 31.7 Å². The summed E-state index contributed by atoms with van der Waals surface area (Å²) in [4.78, 5) is 81.8. The molecular weight excluding hydrogens is 1640 g/mol. The van der Waals surface area contributed by atoms with Crippen LogP contribution in [0.15, 0.2) is 115 Å². The Bertz CT molecular complexity index is 5770. The first kappa shape index (κ1) is 93.9. The van der Waals surface area contributed by atoms with E-state index in [0.29, 0.717) is 66.7 Å². The number of hydrogen-bond donors (Lipinski definition) is 6. The number of aromatic nitrogens is 9. The lowest BCUT2D eigenvalue weighted by Gasteiger charge is -2.25. The van der Waals surface area contributed by atoms with E-state index < -0.39 is 4.92 Å². The Balaban J connectivity index is 0.000000140. The molecular formula is C87H109ClN26O12. The molecule has 19 rings (SSSR count). The summed E-state index contributed by atoms with van der Waals surface area (Å²) < 4.78 is 0. The lowest BCUT2D eigenvalue weighted by molar-refractivity contribution is -0.643. The van der Waals surface area contributed by atoms with Gasteiger partial charge in [0, 0.05) is 177 Å². The molecule has 9 N–H and O–H groups in total. The zero-order chi connectivity index (χ0) is 89.6. The number of nitrogen functional groups attached to an aromatic ring is 3. The molecule has 39 heteroatoms. The highest BCUT2D eigenvalue weighted by Crippen LogP contribution is 2.35. The second-order valence-corrected chi connectivity index (χ2v) is 32.9. The van der Waals surface area contributed by atoms with Crippen LogP contribution in [0.25, 0.3) is 33.1 Å². The van der Waals surface area contributed by atoms with Crippen LogP contribution < -0.4 is 47.7 Å². The predicted octanol–water partition coefficient (Wildman–Crippen LogP) is 8.84. The summed E-state index contributed by atoms with van der Waals surface area (Å²) >= 11 is 5.68. The van der Waals surface area contributed by atoms with Gasteiger partial charge in [0.1, 0.15) is 27.9 Å².